The molecule has 3 heterocycles. The van der Waals surface area contributed by atoms with Crippen LogP contribution in [-0.4, -0.2) is 61.8 Å². The molecule has 0 aromatic heterocycles. The van der Waals surface area contributed by atoms with Crippen LogP contribution in [0, 0.1) is 5.92 Å². The Morgan fingerprint density at radius 1 is 1.06 bits per heavy atom. The summed E-state index contributed by atoms with van der Waals surface area (Å²) >= 11 is 0. The van der Waals surface area contributed by atoms with Gasteiger partial charge in [0, 0.05) is 25.8 Å². The van der Waals surface area contributed by atoms with Crippen molar-refractivity contribution in [2.75, 3.05) is 45.9 Å². The Morgan fingerprint density at radius 2 is 2.00 bits per heavy atom. The second kappa shape index (κ2) is 5.68. The maximum atomic E-state index is 5.46. The van der Waals surface area contributed by atoms with Crippen molar-refractivity contribution in [3.05, 3.63) is 0 Å². The topological polar surface area (TPSA) is 15.7 Å². The fourth-order valence-corrected chi connectivity index (χ4v) is 3.66. The number of nitrogens with zero attached hydrogens (tertiary/aromatic N) is 2. The first kappa shape index (κ1) is 11.9. The number of fused-ring (bicyclic) bond motifs is 1. The summed E-state index contributed by atoms with van der Waals surface area (Å²) in [4.78, 5) is 5.44. The second-order valence-electron chi connectivity index (χ2n) is 6.00. The molecular weight excluding hydrogens is 212 g/mol. The number of hydrogen-bond acceptors (Lipinski definition) is 3. The van der Waals surface area contributed by atoms with Crippen LogP contribution >= 0.6 is 0 Å². The van der Waals surface area contributed by atoms with Gasteiger partial charge in [0.25, 0.3) is 0 Å². The first-order valence-corrected chi connectivity index (χ1v) is 7.46. The maximum Gasteiger partial charge on any atom is 0.0495 e. The van der Waals surface area contributed by atoms with Crippen LogP contribution in [0.4, 0.5) is 0 Å². The lowest BCUT2D eigenvalue weighted by Crippen LogP contribution is -2.37. The van der Waals surface area contributed by atoms with Crippen molar-refractivity contribution in [3.63, 3.8) is 0 Å². The van der Waals surface area contributed by atoms with Gasteiger partial charge in [-0.3, -0.25) is 4.90 Å². The summed E-state index contributed by atoms with van der Waals surface area (Å²) in [6.07, 6.45) is 6.88. The largest absolute Gasteiger partial charge is 0.381 e. The van der Waals surface area contributed by atoms with Crippen LogP contribution in [0.25, 0.3) is 0 Å². The quantitative estimate of drug-likeness (QED) is 0.742. The van der Waals surface area contributed by atoms with Crippen molar-refractivity contribution in [2.24, 2.45) is 5.92 Å². The summed E-state index contributed by atoms with van der Waals surface area (Å²) in [5.41, 5.74) is 0. The van der Waals surface area contributed by atoms with Gasteiger partial charge in [-0.05, 0) is 64.2 Å². The molecule has 0 amide bonds. The number of hydrogen-bond donors (Lipinski definition) is 0. The van der Waals surface area contributed by atoms with Gasteiger partial charge < -0.3 is 9.64 Å². The molecule has 3 rings (SSSR count). The van der Waals surface area contributed by atoms with E-state index >= 15 is 0 Å². The summed E-state index contributed by atoms with van der Waals surface area (Å²) in [7, 11) is 0. The molecule has 0 aromatic rings. The molecule has 2 atom stereocenters. The monoisotopic (exact) mass is 238 g/mol. The summed E-state index contributed by atoms with van der Waals surface area (Å²) < 4.78 is 5.46. The summed E-state index contributed by atoms with van der Waals surface area (Å²) in [6, 6.07) is 0.873. The van der Waals surface area contributed by atoms with Crippen LogP contribution in [0.5, 0.6) is 0 Å². The first-order valence-electron chi connectivity index (χ1n) is 7.46. The predicted molar refractivity (Wildman–Crippen MR) is 69.2 cm³/mol. The molecule has 98 valence electrons. The van der Waals surface area contributed by atoms with Gasteiger partial charge in [0.05, 0.1) is 0 Å². The van der Waals surface area contributed by atoms with Gasteiger partial charge in [-0.15, -0.1) is 0 Å². The molecule has 3 heteroatoms. The minimum atomic E-state index is 0.845. The van der Waals surface area contributed by atoms with E-state index in [1.807, 2.05) is 0 Å². The van der Waals surface area contributed by atoms with Crippen LogP contribution in [0.1, 0.15) is 32.1 Å². The molecule has 0 radical (unpaired) electrons. The van der Waals surface area contributed by atoms with Crippen molar-refractivity contribution < 1.29 is 4.74 Å². The van der Waals surface area contributed by atoms with E-state index in [0.29, 0.717) is 0 Å². The summed E-state index contributed by atoms with van der Waals surface area (Å²) in [5.74, 6) is 0.845. The Labute approximate surface area is 105 Å². The van der Waals surface area contributed by atoms with Gasteiger partial charge >= 0.3 is 0 Å². The van der Waals surface area contributed by atoms with Crippen LogP contribution < -0.4 is 0 Å². The van der Waals surface area contributed by atoms with Crippen LogP contribution in [0.3, 0.4) is 0 Å². The standard InChI is InChI=1S/C14H26N2O/c1-3-14-11-15(6-2-8-16(14)7-1)9-4-13-5-10-17-12-13/h13-14H,1-12H2. The minimum absolute atomic E-state index is 0.845. The fourth-order valence-electron chi connectivity index (χ4n) is 3.66. The zero-order valence-electron chi connectivity index (χ0n) is 10.9. The van der Waals surface area contributed by atoms with Crippen LogP contribution in [0.2, 0.25) is 0 Å². The van der Waals surface area contributed by atoms with Gasteiger partial charge in [-0.25, -0.2) is 0 Å². The number of ether oxygens (including phenoxy) is 1. The van der Waals surface area contributed by atoms with Crippen molar-refractivity contribution in [3.8, 4) is 0 Å². The highest BCUT2D eigenvalue weighted by Gasteiger charge is 2.28. The van der Waals surface area contributed by atoms with E-state index in [0.717, 1.165) is 25.2 Å². The van der Waals surface area contributed by atoms with Gasteiger partial charge in [0.2, 0.25) is 0 Å². The Kier molecular flexibility index (Phi) is 3.99. The molecule has 0 aliphatic carbocycles. The smallest absolute Gasteiger partial charge is 0.0495 e. The van der Waals surface area contributed by atoms with Gasteiger partial charge in [-0.2, -0.15) is 0 Å². The van der Waals surface area contributed by atoms with E-state index < -0.39 is 0 Å². The van der Waals surface area contributed by atoms with Crippen LogP contribution in [0.15, 0.2) is 0 Å². The molecule has 0 bridgehead atoms. The molecule has 3 aliphatic heterocycles. The Bertz CT molecular complexity index is 240. The third kappa shape index (κ3) is 3.01. The molecular formula is C14H26N2O. The average molecular weight is 238 g/mol. The van der Waals surface area contributed by atoms with Crippen molar-refractivity contribution in [1.82, 2.24) is 9.80 Å². The molecule has 3 aliphatic rings. The molecule has 3 saturated heterocycles. The molecule has 3 nitrogen and oxygen atoms in total. The lowest BCUT2D eigenvalue weighted by molar-refractivity contribution is 0.174. The predicted octanol–water partition coefficient (Wildman–Crippen LogP) is 1.58. The van der Waals surface area contributed by atoms with Crippen LogP contribution in [-0.2, 0) is 4.74 Å². The Balaban J connectivity index is 1.45. The first-order chi connectivity index (χ1) is 8.42. The molecule has 0 spiro atoms. The zero-order valence-corrected chi connectivity index (χ0v) is 10.9. The number of rotatable bonds is 3. The van der Waals surface area contributed by atoms with E-state index in [2.05, 4.69) is 9.80 Å². The molecule has 17 heavy (non-hydrogen) atoms. The molecule has 0 saturated carbocycles. The SMILES string of the molecule is C1CC2CN(CCC3CCOC3)CCCN2C1. The zero-order chi connectivity index (χ0) is 11.5. The highest BCUT2D eigenvalue weighted by atomic mass is 16.5. The van der Waals surface area contributed by atoms with Gasteiger partial charge in [0.15, 0.2) is 0 Å². The van der Waals surface area contributed by atoms with Gasteiger partial charge in [-0.1, -0.05) is 0 Å². The fraction of sp³-hybridized carbons (Fsp3) is 1.00. The highest BCUT2D eigenvalue weighted by molar-refractivity contribution is 4.85. The molecule has 0 N–H and O–H groups in total. The lowest BCUT2D eigenvalue weighted by atomic mass is 10.0. The van der Waals surface area contributed by atoms with E-state index in [4.69, 9.17) is 4.74 Å². The Hall–Kier alpha value is -0.120. The van der Waals surface area contributed by atoms with Crippen molar-refractivity contribution in [1.29, 1.82) is 0 Å². The molecule has 2 unspecified atom stereocenters. The second-order valence-corrected chi connectivity index (χ2v) is 6.00. The summed E-state index contributed by atoms with van der Waals surface area (Å²) in [6.45, 7) is 8.67. The summed E-state index contributed by atoms with van der Waals surface area (Å²) in [5, 5.41) is 0. The third-order valence-corrected chi connectivity index (χ3v) is 4.77. The lowest BCUT2D eigenvalue weighted by Gasteiger charge is -2.26. The van der Waals surface area contributed by atoms with Gasteiger partial charge in [0.1, 0.15) is 0 Å². The van der Waals surface area contributed by atoms with E-state index in [1.165, 1.54) is 64.8 Å². The van der Waals surface area contributed by atoms with Crippen molar-refractivity contribution >= 4 is 0 Å². The maximum absolute atomic E-state index is 5.46. The molecule has 0 aromatic carbocycles. The molecule has 3 fully saturated rings. The van der Waals surface area contributed by atoms with E-state index in [9.17, 15) is 0 Å². The van der Waals surface area contributed by atoms with E-state index in [1.54, 1.807) is 0 Å². The Morgan fingerprint density at radius 3 is 2.88 bits per heavy atom. The minimum Gasteiger partial charge on any atom is -0.381 e. The average Bonchev–Trinajstić information content (AvgIpc) is 2.95. The third-order valence-electron chi connectivity index (χ3n) is 4.77. The highest BCUT2D eigenvalue weighted by Crippen LogP contribution is 2.22. The van der Waals surface area contributed by atoms with E-state index in [-0.39, 0.29) is 0 Å². The normalized spacial score (nSPS) is 36.0. The van der Waals surface area contributed by atoms with Crippen molar-refractivity contribution in [2.45, 2.75) is 38.1 Å².